The predicted octanol–water partition coefficient (Wildman–Crippen LogP) is 1.25. The molecule has 0 radical (unpaired) electrons. The Morgan fingerprint density at radius 2 is 2.00 bits per heavy atom. The van der Waals surface area contributed by atoms with Crippen LogP contribution < -0.4 is 0 Å². The molecule has 0 aromatic rings. The molecule has 1 aliphatic carbocycles. The molecule has 0 aliphatic heterocycles. The van der Waals surface area contributed by atoms with E-state index in [1.54, 1.807) is 7.11 Å². The van der Waals surface area contributed by atoms with Crippen molar-refractivity contribution < 1.29 is 19.4 Å². The predicted molar refractivity (Wildman–Crippen MR) is 46.3 cm³/mol. The number of ether oxygens (including phenoxy) is 2. The topological polar surface area (TPSA) is 55.8 Å². The van der Waals surface area contributed by atoms with Gasteiger partial charge in [-0.2, -0.15) is 0 Å². The number of methoxy groups -OCH3 is 1. The maximum absolute atomic E-state index is 10.6. The fraction of sp³-hybridized carbons (Fsp3) is 0.889. The van der Waals surface area contributed by atoms with Crippen LogP contribution in [0.25, 0.3) is 0 Å². The first-order valence-corrected chi connectivity index (χ1v) is 4.57. The fourth-order valence-electron chi connectivity index (χ4n) is 1.64. The first-order valence-electron chi connectivity index (χ1n) is 4.57. The molecule has 1 saturated carbocycles. The summed E-state index contributed by atoms with van der Waals surface area (Å²) >= 11 is 0. The monoisotopic (exact) mass is 188 g/mol. The van der Waals surface area contributed by atoms with E-state index in [4.69, 9.17) is 14.6 Å². The summed E-state index contributed by atoms with van der Waals surface area (Å²) in [6.45, 7) is 0.308. The van der Waals surface area contributed by atoms with Crippen LogP contribution in [0.5, 0.6) is 0 Å². The molecule has 0 aromatic carbocycles. The van der Waals surface area contributed by atoms with Crippen LogP contribution in [-0.4, -0.2) is 31.1 Å². The zero-order chi connectivity index (χ0) is 9.68. The highest BCUT2D eigenvalue weighted by atomic mass is 16.7. The van der Waals surface area contributed by atoms with Gasteiger partial charge in [-0.1, -0.05) is 0 Å². The van der Waals surface area contributed by atoms with Crippen molar-refractivity contribution in [3.8, 4) is 0 Å². The molecule has 0 unspecified atom stereocenters. The van der Waals surface area contributed by atoms with Gasteiger partial charge in [-0.25, -0.2) is 0 Å². The number of aliphatic carboxylic acids is 1. The highest BCUT2D eigenvalue weighted by molar-refractivity contribution is 5.69. The van der Waals surface area contributed by atoms with Crippen molar-refractivity contribution in [3.05, 3.63) is 0 Å². The molecule has 13 heavy (non-hydrogen) atoms. The molecular formula is C9H16O4. The minimum absolute atomic E-state index is 0.164. The zero-order valence-corrected chi connectivity index (χ0v) is 7.86. The van der Waals surface area contributed by atoms with Gasteiger partial charge in [-0.15, -0.1) is 0 Å². The summed E-state index contributed by atoms with van der Waals surface area (Å²) in [4.78, 5) is 10.6. The minimum Gasteiger partial charge on any atom is -0.481 e. The van der Waals surface area contributed by atoms with Crippen molar-refractivity contribution in [2.24, 2.45) is 5.92 Å². The van der Waals surface area contributed by atoms with E-state index >= 15 is 0 Å². The second-order valence-corrected chi connectivity index (χ2v) is 3.39. The Kier molecular flexibility index (Phi) is 4.18. The number of carboxylic acids is 1. The Labute approximate surface area is 77.8 Å². The quantitative estimate of drug-likeness (QED) is 0.674. The summed E-state index contributed by atoms with van der Waals surface area (Å²) in [5.41, 5.74) is 0. The Bertz CT molecular complexity index is 161. The average molecular weight is 188 g/mol. The summed E-state index contributed by atoms with van der Waals surface area (Å²) < 4.78 is 10.1. The molecule has 0 spiro atoms. The first-order chi connectivity index (χ1) is 6.24. The SMILES string of the molecule is COCO[C@H]1CC[C@@H](C(=O)O)CC1. The molecule has 4 nitrogen and oxygen atoms in total. The second kappa shape index (κ2) is 5.19. The zero-order valence-electron chi connectivity index (χ0n) is 7.86. The molecule has 0 heterocycles. The molecule has 1 rings (SSSR count). The van der Waals surface area contributed by atoms with Gasteiger partial charge in [-0.3, -0.25) is 4.79 Å². The molecule has 1 N–H and O–H groups in total. The minimum atomic E-state index is -0.676. The molecule has 0 aromatic heterocycles. The molecule has 76 valence electrons. The van der Waals surface area contributed by atoms with E-state index in [1.807, 2.05) is 0 Å². The molecule has 1 aliphatic rings. The lowest BCUT2D eigenvalue weighted by atomic mass is 9.87. The molecular weight excluding hydrogens is 172 g/mol. The Balaban J connectivity index is 2.18. The smallest absolute Gasteiger partial charge is 0.306 e. The number of carbonyl (C=O) groups is 1. The van der Waals surface area contributed by atoms with Gasteiger partial charge < -0.3 is 14.6 Å². The van der Waals surface area contributed by atoms with Crippen LogP contribution in [0, 0.1) is 5.92 Å². The Morgan fingerprint density at radius 3 is 2.46 bits per heavy atom. The lowest BCUT2D eigenvalue weighted by molar-refractivity contribution is -0.145. The lowest BCUT2D eigenvalue weighted by Crippen LogP contribution is -2.26. The van der Waals surface area contributed by atoms with Crippen molar-refractivity contribution in [3.63, 3.8) is 0 Å². The highest BCUT2D eigenvalue weighted by Gasteiger charge is 2.25. The largest absolute Gasteiger partial charge is 0.481 e. The van der Waals surface area contributed by atoms with Crippen molar-refractivity contribution in [2.75, 3.05) is 13.9 Å². The second-order valence-electron chi connectivity index (χ2n) is 3.39. The van der Waals surface area contributed by atoms with Gasteiger partial charge in [0.05, 0.1) is 12.0 Å². The number of hydrogen-bond acceptors (Lipinski definition) is 3. The van der Waals surface area contributed by atoms with E-state index < -0.39 is 5.97 Å². The van der Waals surface area contributed by atoms with Crippen molar-refractivity contribution in [1.29, 1.82) is 0 Å². The third kappa shape index (κ3) is 3.32. The summed E-state index contributed by atoms with van der Waals surface area (Å²) in [5.74, 6) is -0.840. The van der Waals surface area contributed by atoms with Gasteiger partial charge in [-0.05, 0) is 25.7 Å². The average Bonchev–Trinajstić information content (AvgIpc) is 2.15. The van der Waals surface area contributed by atoms with E-state index in [9.17, 15) is 4.79 Å². The van der Waals surface area contributed by atoms with Gasteiger partial charge in [0.1, 0.15) is 6.79 Å². The van der Waals surface area contributed by atoms with E-state index in [0.717, 1.165) is 25.7 Å². The van der Waals surface area contributed by atoms with Crippen LogP contribution in [0.4, 0.5) is 0 Å². The summed E-state index contributed by atoms with van der Waals surface area (Å²) in [6, 6.07) is 0. The van der Waals surface area contributed by atoms with Gasteiger partial charge in [0.15, 0.2) is 0 Å². The molecule has 4 heteroatoms. The number of rotatable bonds is 4. The van der Waals surface area contributed by atoms with Crippen molar-refractivity contribution >= 4 is 5.97 Å². The van der Waals surface area contributed by atoms with Crippen LogP contribution in [0.3, 0.4) is 0 Å². The maximum atomic E-state index is 10.6. The third-order valence-electron chi connectivity index (χ3n) is 2.45. The molecule has 0 amide bonds. The van der Waals surface area contributed by atoms with Gasteiger partial charge in [0.2, 0.25) is 0 Å². The van der Waals surface area contributed by atoms with Crippen molar-refractivity contribution in [2.45, 2.75) is 31.8 Å². The third-order valence-corrected chi connectivity index (χ3v) is 2.45. The first kappa shape index (κ1) is 10.5. The van der Waals surface area contributed by atoms with Crippen molar-refractivity contribution in [1.82, 2.24) is 0 Å². The summed E-state index contributed by atoms with van der Waals surface area (Å²) in [5, 5.41) is 8.74. The normalized spacial score (nSPS) is 28.7. The summed E-state index contributed by atoms with van der Waals surface area (Å²) in [6.07, 6.45) is 3.31. The molecule has 0 bridgehead atoms. The summed E-state index contributed by atoms with van der Waals surface area (Å²) in [7, 11) is 1.59. The number of hydrogen-bond donors (Lipinski definition) is 1. The molecule has 0 saturated heterocycles. The van der Waals surface area contributed by atoms with Crippen LogP contribution in [0.1, 0.15) is 25.7 Å². The Hall–Kier alpha value is -0.610. The standard InChI is InChI=1S/C9H16O4/c1-12-6-13-8-4-2-7(3-5-8)9(10)11/h7-8H,2-6H2,1H3,(H,10,11)/t7-,8+. The van der Waals surface area contributed by atoms with Gasteiger partial charge in [0.25, 0.3) is 0 Å². The molecule has 1 fully saturated rings. The Morgan fingerprint density at radius 1 is 1.38 bits per heavy atom. The van der Waals surface area contributed by atoms with Crippen LogP contribution in [0.2, 0.25) is 0 Å². The van der Waals surface area contributed by atoms with Gasteiger partial charge >= 0.3 is 5.97 Å². The van der Waals surface area contributed by atoms with E-state index in [2.05, 4.69) is 0 Å². The van der Waals surface area contributed by atoms with Crippen LogP contribution in [0.15, 0.2) is 0 Å². The maximum Gasteiger partial charge on any atom is 0.306 e. The highest BCUT2D eigenvalue weighted by Crippen LogP contribution is 2.26. The van der Waals surface area contributed by atoms with E-state index in [0.29, 0.717) is 6.79 Å². The van der Waals surface area contributed by atoms with Crippen LogP contribution >= 0.6 is 0 Å². The number of carboxylic acid groups (broad SMARTS) is 1. The fourth-order valence-corrected chi connectivity index (χ4v) is 1.64. The van der Waals surface area contributed by atoms with Crippen LogP contribution in [-0.2, 0) is 14.3 Å². The lowest BCUT2D eigenvalue weighted by Gasteiger charge is -2.25. The van der Waals surface area contributed by atoms with E-state index in [-0.39, 0.29) is 12.0 Å². The van der Waals surface area contributed by atoms with Gasteiger partial charge in [0, 0.05) is 7.11 Å². The van der Waals surface area contributed by atoms with E-state index in [1.165, 1.54) is 0 Å². The molecule has 0 atom stereocenters.